The number of piperidine rings is 1. The summed E-state index contributed by atoms with van der Waals surface area (Å²) in [5.74, 6) is 0.258. The van der Waals surface area contributed by atoms with E-state index in [1.807, 2.05) is 13.8 Å². The van der Waals surface area contributed by atoms with Crippen LogP contribution in [-0.4, -0.2) is 37.0 Å². The Bertz CT molecular complexity index is 218. The van der Waals surface area contributed by atoms with Gasteiger partial charge < -0.3 is 10.2 Å². The number of carbonyl (C=O) groups is 1. The van der Waals surface area contributed by atoms with Crippen LogP contribution < -0.4 is 5.32 Å². The van der Waals surface area contributed by atoms with Gasteiger partial charge in [0.15, 0.2) is 0 Å². The van der Waals surface area contributed by atoms with Gasteiger partial charge in [-0.3, -0.25) is 4.79 Å². The molecule has 0 aromatic heterocycles. The number of hydrogen-bond donors (Lipinski definition) is 1. The Morgan fingerprint density at radius 2 is 1.93 bits per heavy atom. The van der Waals surface area contributed by atoms with Gasteiger partial charge in [0.25, 0.3) is 0 Å². The van der Waals surface area contributed by atoms with E-state index in [1.165, 1.54) is 0 Å². The van der Waals surface area contributed by atoms with E-state index in [4.69, 9.17) is 0 Å². The van der Waals surface area contributed by atoms with E-state index in [0.717, 1.165) is 32.4 Å². The van der Waals surface area contributed by atoms with Gasteiger partial charge in [0.2, 0.25) is 5.91 Å². The molecule has 0 atom stereocenters. The van der Waals surface area contributed by atoms with E-state index in [9.17, 15) is 4.79 Å². The minimum Gasteiger partial charge on any atom is -0.353 e. The van der Waals surface area contributed by atoms with Crippen molar-refractivity contribution in [2.75, 3.05) is 20.1 Å². The first-order valence-corrected chi connectivity index (χ1v) is 5.99. The van der Waals surface area contributed by atoms with Crippen LogP contribution in [0.4, 0.5) is 0 Å². The van der Waals surface area contributed by atoms with Crippen LogP contribution in [0.3, 0.4) is 0 Å². The molecule has 1 amide bonds. The third-order valence-electron chi connectivity index (χ3n) is 3.52. The van der Waals surface area contributed by atoms with Crippen molar-refractivity contribution in [2.45, 2.75) is 46.1 Å². The number of hydrogen-bond acceptors (Lipinski definition) is 2. The SMILES string of the molecule is CCC1(C(=O)NC(C)C)CCN(C)CC1. The molecule has 0 bridgehead atoms. The maximum absolute atomic E-state index is 12.1. The molecule has 0 aliphatic carbocycles. The van der Waals surface area contributed by atoms with E-state index in [2.05, 4.69) is 24.2 Å². The van der Waals surface area contributed by atoms with E-state index < -0.39 is 0 Å². The lowest BCUT2D eigenvalue weighted by Gasteiger charge is -2.39. The van der Waals surface area contributed by atoms with Crippen molar-refractivity contribution in [3.05, 3.63) is 0 Å². The first kappa shape index (κ1) is 12.5. The fourth-order valence-corrected chi connectivity index (χ4v) is 2.20. The quantitative estimate of drug-likeness (QED) is 0.771. The molecule has 0 aromatic rings. The fraction of sp³-hybridized carbons (Fsp3) is 0.917. The lowest BCUT2D eigenvalue weighted by Crippen LogP contribution is -2.49. The van der Waals surface area contributed by atoms with Crippen LogP contribution in [-0.2, 0) is 4.79 Å². The third-order valence-corrected chi connectivity index (χ3v) is 3.52. The lowest BCUT2D eigenvalue weighted by atomic mass is 9.75. The Morgan fingerprint density at radius 1 is 1.40 bits per heavy atom. The first-order chi connectivity index (χ1) is 7.00. The van der Waals surface area contributed by atoms with Crippen molar-refractivity contribution in [1.82, 2.24) is 10.2 Å². The van der Waals surface area contributed by atoms with Gasteiger partial charge in [-0.05, 0) is 53.2 Å². The highest BCUT2D eigenvalue weighted by molar-refractivity contribution is 5.82. The highest BCUT2D eigenvalue weighted by Gasteiger charge is 2.38. The normalized spacial score (nSPS) is 21.7. The van der Waals surface area contributed by atoms with Gasteiger partial charge in [-0.25, -0.2) is 0 Å². The number of carbonyl (C=O) groups excluding carboxylic acids is 1. The van der Waals surface area contributed by atoms with Crippen LogP contribution in [0.1, 0.15) is 40.0 Å². The minimum atomic E-state index is -0.100. The van der Waals surface area contributed by atoms with Gasteiger partial charge >= 0.3 is 0 Å². The molecule has 0 aromatic carbocycles. The Balaban J connectivity index is 2.64. The molecule has 3 heteroatoms. The van der Waals surface area contributed by atoms with Gasteiger partial charge in [0.1, 0.15) is 0 Å². The summed E-state index contributed by atoms with van der Waals surface area (Å²) in [5.41, 5.74) is -0.100. The highest BCUT2D eigenvalue weighted by Crippen LogP contribution is 2.34. The van der Waals surface area contributed by atoms with E-state index in [-0.39, 0.29) is 17.4 Å². The molecule has 0 unspecified atom stereocenters. The van der Waals surface area contributed by atoms with Gasteiger partial charge in [-0.2, -0.15) is 0 Å². The van der Waals surface area contributed by atoms with E-state index in [0.29, 0.717) is 0 Å². The lowest BCUT2D eigenvalue weighted by molar-refractivity contribution is -0.134. The number of nitrogens with zero attached hydrogens (tertiary/aromatic N) is 1. The molecule has 1 aliphatic heterocycles. The van der Waals surface area contributed by atoms with Crippen molar-refractivity contribution in [1.29, 1.82) is 0 Å². The molecule has 1 fully saturated rings. The van der Waals surface area contributed by atoms with Gasteiger partial charge in [0.05, 0.1) is 5.41 Å². The molecule has 1 rings (SSSR count). The maximum Gasteiger partial charge on any atom is 0.226 e. The highest BCUT2D eigenvalue weighted by atomic mass is 16.2. The second-order valence-corrected chi connectivity index (χ2v) is 5.07. The third kappa shape index (κ3) is 2.94. The zero-order valence-electron chi connectivity index (χ0n) is 10.5. The van der Waals surface area contributed by atoms with Crippen molar-refractivity contribution in [3.63, 3.8) is 0 Å². The zero-order chi connectivity index (χ0) is 11.5. The summed E-state index contributed by atoms with van der Waals surface area (Å²) in [4.78, 5) is 14.4. The standard InChI is InChI=1S/C12H24N2O/c1-5-12(11(15)13-10(2)3)6-8-14(4)9-7-12/h10H,5-9H2,1-4H3,(H,13,15). The van der Waals surface area contributed by atoms with Crippen LogP contribution in [0.15, 0.2) is 0 Å². The number of nitrogens with one attached hydrogen (secondary N) is 1. The van der Waals surface area contributed by atoms with Crippen LogP contribution in [0, 0.1) is 5.41 Å². The topological polar surface area (TPSA) is 32.3 Å². The monoisotopic (exact) mass is 212 g/mol. The molecule has 1 heterocycles. The molecule has 88 valence electrons. The molecule has 0 spiro atoms. The summed E-state index contributed by atoms with van der Waals surface area (Å²) in [6.07, 6.45) is 2.95. The number of likely N-dealkylation sites (tertiary alicyclic amines) is 1. The second kappa shape index (κ2) is 4.97. The summed E-state index contributed by atoms with van der Waals surface area (Å²) in [7, 11) is 2.12. The molecule has 3 nitrogen and oxygen atoms in total. The van der Waals surface area contributed by atoms with E-state index in [1.54, 1.807) is 0 Å². The van der Waals surface area contributed by atoms with E-state index >= 15 is 0 Å². The molecule has 1 saturated heterocycles. The predicted molar refractivity (Wildman–Crippen MR) is 62.7 cm³/mol. The molecule has 15 heavy (non-hydrogen) atoms. The van der Waals surface area contributed by atoms with Crippen LogP contribution >= 0.6 is 0 Å². The number of amides is 1. The molecule has 1 aliphatic rings. The fourth-order valence-electron chi connectivity index (χ4n) is 2.20. The van der Waals surface area contributed by atoms with Crippen molar-refractivity contribution in [3.8, 4) is 0 Å². The average Bonchev–Trinajstić information content (AvgIpc) is 2.18. The Hall–Kier alpha value is -0.570. The summed E-state index contributed by atoms with van der Waals surface area (Å²) < 4.78 is 0. The van der Waals surface area contributed by atoms with Crippen molar-refractivity contribution < 1.29 is 4.79 Å². The Labute approximate surface area is 93.2 Å². The molecular formula is C12H24N2O. The van der Waals surface area contributed by atoms with Crippen molar-refractivity contribution >= 4 is 5.91 Å². The van der Waals surface area contributed by atoms with Crippen LogP contribution in [0.2, 0.25) is 0 Å². The second-order valence-electron chi connectivity index (χ2n) is 5.07. The summed E-state index contributed by atoms with van der Waals surface area (Å²) in [5, 5.41) is 3.06. The summed E-state index contributed by atoms with van der Waals surface area (Å²) in [6, 6.07) is 0.251. The Kier molecular flexibility index (Phi) is 4.14. The minimum absolute atomic E-state index is 0.100. The molecule has 0 saturated carbocycles. The summed E-state index contributed by atoms with van der Waals surface area (Å²) in [6.45, 7) is 8.26. The van der Waals surface area contributed by atoms with Gasteiger partial charge in [0, 0.05) is 6.04 Å². The number of rotatable bonds is 3. The van der Waals surface area contributed by atoms with Crippen LogP contribution in [0.5, 0.6) is 0 Å². The largest absolute Gasteiger partial charge is 0.353 e. The van der Waals surface area contributed by atoms with Gasteiger partial charge in [-0.15, -0.1) is 0 Å². The summed E-state index contributed by atoms with van der Waals surface area (Å²) >= 11 is 0. The Morgan fingerprint density at radius 3 is 2.33 bits per heavy atom. The average molecular weight is 212 g/mol. The van der Waals surface area contributed by atoms with Crippen LogP contribution in [0.25, 0.3) is 0 Å². The smallest absolute Gasteiger partial charge is 0.226 e. The predicted octanol–water partition coefficient (Wildman–Crippen LogP) is 1.63. The zero-order valence-corrected chi connectivity index (χ0v) is 10.5. The maximum atomic E-state index is 12.1. The molecule has 0 radical (unpaired) electrons. The van der Waals surface area contributed by atoms with Crippen molar-refractivity contribution in [2.24, 2.45) is 5.41 Å². The van der Waals surface area contributed by atoms with Gasteiger partial charge in [-0.1, -0.05) is 6.92 Å². The first-order valence-electron chi connectivity index (χ1n) is 5.99. The molecule has 1 N–H and O–H groups in total. The molecular weight excluding hydrogens is 188 g/mol.